The first-order valence-corrected chi connectivity index (χ1v) is 6.38. The Morgan fingerprint density at radius 2 is 2.06 bits per heavy atom. The fourth-order valence-corrected chi connectivity index (χ4v) is 1.86. The smallest absolute Gasteiger partial charge is 0.122 e. The van der Waals surface area contributed by atoms with Gasteiger partial charge in [0.15, 0.2) is 0 Å². The lowest BCUT2D eigenvalue weighted by Crippen LogP contribution is -2.01. The lowest BCUT2D eigenvalue weighted by atomic mass is 9.94. The fourth-order valence-electron chi connectivity index (χ4n) is 1.86. The van der Waals surface area contributed by atoms with Crippen molar-refractivity contribution in [3.8, 4) is 17.6 Å². The monoisotopic (exact) mass is 230 g/mol. The van der Waals surface area contributed by atoms with Crippen LogP contribution >= 0.6 is 0 Å². The molecule has 0 N–H and O–H groups in total. The highest BCUT2D eigenvalue weighted by atomic mass is 16.5. The summed E-state index contributed by atoms with van der Waals surface area (Å²) in [5.41, 5.74) is 2.65. The number of rotatable bonds is 5. The van der Waals surface area contributed by atoms with Crippen LogP contribution < -0.4 is 4.74 Å². The Morgan fingerprint density at radius 1 is 1.29 bits per heavy atom. The molecule has 0 saturated heterocycles. The maximum atomic E-state index is 5.69. The van der Waals surface area contributed by atoms with E-state index in [9.17, 15) is 0 Å². The molecule has 1 nitrogen and oxygen atoms in total. The van der Waals surface area contributed by atoms with Gasteiger partial charge in [-0.05, 0) is 43.4 Å². The lowest BCUT2D eigenvalue weighted by molar-refractivity contribution is 0.334. The average molecular weight is 230 g/mol. The highest BCUT2D eigenvalue weighted by molar-refractivity contribution is 5.40. The molecule has 17 heavy (non-hydrogen) atoms. The van der Waals surface area contributed by atoms with Crippen LogP contribution in [0.15, 0.2) is 18.2 Å². The third-order valence-electron chi connectivity index (χ3n) is 2.90. The van der Waals surface area contributed by atoms with E-state index in [4.69, 9.17) is 4.74 Å². The fraction of sp³-hybridized carbons (Fsp3) is 0.500. The molecule has 0 heterocycles. The molecule has 1 aromatic rings. The van der Waals surface area contributed by atoms with Gasteiger partial charge in [0.05, 0.1) is 6.61 Å². The van der Waals surface area contributed by atoms with Crippen LogP contribution in [0.2, 0.25) is 0 Å². The SMILES string of the molecule is CC#CCC(C)c1cc(CC)ccc1OCC. The van der Waals surface area contributed by atoms with Crippen molar-refractivity contribution < 1.29 is 4.74 Å². The van der Waals surface area contributed by atoms with Crippen LogP contribution in [0, 0.1) is 11.8 Å². The normalized spacial score (nSPS) is 11.5. The standard InChI is InChI=1S/C16H22O/c1-5-8-9-13(4)15-12-14(6-2)10-11-16(15)17-7-3/h10-13H,6-7,9H2,1-4H3. The second-order valence-corrected chi connectivity index (χ2v) is 4.19. The van der Waals surface area contributed by atoms with E-state index in [1.807, 2.05) is 13.8 Å². The van der Waals surface area contributed by atoms with Crippen LogP contribution in [0.1, 0.15) is 51.2 Å². The maximum absolute atomic E-state index is 5.69. The molecule has 1 rings (SSSR count). The molecule has 0 radical (unpaired) electrons. The van der Waals surface area contributed by atoms with Crippen molar-refractivity contribution in [3.05, 3.63) is 29.3 Å². The predicted octanol–water partition coefficient (Wildman–Crippen LogP) is 4.16. The molecular formula is C16H22O. The topological polar surface area (TPSA) is 9.23 Å². The molecule has 0 spiro atoms. The van der Waals surface area contributed by atoms with Crippen molar-refractivity contribution >= 4 is 0 Å². The molecule has 0 aromatic heterocycles. The quantitative estimate of drug-likeness (QED) is 0.690. The van der Waals surface area contributed by atoms with E-state index >= 15 is 0 Å². The maximum Gasteiger partial charge on any atom is 0.122 e. The largest absolute Gasteiger partial charge is 0.494 e. The van der Waals surface area contributed by atoms with Gasteiger partial charge in [0.2, 0.25) is 0 Å². The van der Waals surface area contributed by atoms with E-state index in [1.54, 1.807) is 0 Å². The van der Waals surface area contributed by atoms with E-state index in [0.717, 1.165) is 18.6 Å². The number of benzene rings is 1. The minimum absolute atomic E-state index is 0.426. The molecule has 92 valence electrons. The van der Waals surface area contributed by atoms with Crippen molar-refractivity contribution in [2.24, 2.45) is 0 Å². The molecule has 0 amide bonds. The van der Waals surface area contributed by atoms with Crippen molar-refractivity contribution in [2.75, 3.05) is 6.61 Å². The van der Waals surface area contributed by atoms with E-state index in [2.05, 4.69) is 43.9 Å². The van der Waals surface area contributed by atoms with Crippen LogP contribution in [0.5, 0.6) is 5.75 Å². The lowest BCUT2D eigenvalue weighted by Gasteiger charge is -2.16. The van der Waals surface area contributed by atoms with Gasteiger partial charge >= 0.3 is 0 Å². The number of hydrogen-bond donors (Lipinski definition) is 0. The number of hydrogen-bond acceptors (Lipinski definition) is 1. The zero-order valence-electron chi connectivity index (χ0n) is 11.3. The van der Waals surface area contributed by atoms with Crippen molar-refractivity contribution in [3.63, 3.8) is 0 Å². The summed E-state index contributed by atoms with van der Waals surface area (Å²) < 4.78 is 5.69. The molecule has 0 aliphatic carbocycles. The van der Waals surface area contributed by atoms with Crippen LogP contribution in [-0.4, -0.2) is 6.61 Å². The summed E-state index contributed by atoms with van der Waals surface area (Å²) >= 11 is 0. The second-order valence-electron chi connectivity index (χ2n) is 4.19. The first-order chi connectivity index (χ1) is 8.22. The van der Waals surface area contributed by atoms with Crippen LogP contribution in [-0.2, 0) is 6.42 Å². The highest BCUT2D eigenvalue weighted by Crippen LogP contribution is 2.30. The summed E-state index contributed by atoms with van der Waals surface area (Å²) in [5, 5.41) is 0. The number of ether oxygens (including phenoxy) is 1. The van der Waals surface area contributed by atoms with Crippen LogP contribution in [0.4, 0.5) is 0 Å². The molecule has 0 aliphatic rings. The molecule has 0 saturated carbocycles. The highest BCUT2D eigenvalue weighted by Gasteiger charge is 2.11. The molecule has 1 heteroatoms. The molecule has 0 fully saturated rings. The molecule has 0 bridgehead atoms. The van der Waals surface area contributed by atoms with Crippen molar-refractivity contribution in [2.45, 2.75) is 46.5 Å². The minimum atomic E-state index is 0.426. The van der Waals surface area contributed by atoms with Gasteiger partial charge in [0.1, 0.15) is 5.75 Å². The Labute approximate surface area is 105 Å². The third kappa shape index (κ3) is 3.82. The van der Waals surface area contributed by atoms with Gasteiger partial charge in [-0.25, -0.2) is 0 Å². The van der Waals surface area contributed by atoms with Gasteiger partial charge in [-0.1, -0.05) is 26.0 Å². The minimum Gasteiger partial charge on any atom is -0.494 e. The van der Waals surface area contributed by atoms with Gasteiger partial charge in [-0.3, -0.25) is 0 Å². The van der Waals surface area contributed by atoms with E-state index in [0.29, 0.717) is 12.5 Å². The summed E-state index contributed by atoms with van der Waals surface area (Å²) in [7, 11) is 0. The van der Waals surface area contributed by atoms with Gasteiger partial charge in [0.25, 0.3) is 0 Å². The van der Waals surface area contributed by atoms with E-state index < -0.39 is 0 Å². The first kappa shape index (κ1) is 13.6. The van der Waals surface area contributed by atoms with Crippen LogP contribution in [0.25, 0.3) is 0 Å². The van der Waals surface area contributed by atoms with E-state index in [1.165, 1.54) is 11.1 Å². The summed E-state index contributed by atoms with van der Waals surface area (Å²) in [6, 6.07) is 6.49. The van der Waals surface area contributed by atoms with Gasteiger partial charge in [-0.15, -0.1) is 11.8 Å². The van der Waals surface area contributed by atoms with Gasteiger partial charge in [0, 0.05) is 6.42 Å². The van der Waals surface area contributed by atoms with Gasteiger partial charge in [-0.2, -0.15) is 0 Å². The van der Waals surface area contributed by atoms with Gasteiger partial charge < -0.3 is 4.74 Å². The zero-order valence-corrected chi connectivity index (χ0v) is 11.3. The summed E-state index contributed by atoms with van der Waals surface area (Å²) in [6.07, 6.45) is 1.95. The Bertz CT molecular complexity index is 409. The average Bonchev–Trinajstić information content (AvgIpc) is 2.36. The molecule has 1 unspecified atom stereocenters. The Balaban J connectivity index is 3.01. The Kier molecular flexibility index (Phi) is 5.63. The molecule has 1 atom stereocenters. The molecular weight excluding hydrogens is 208 g/mol. The number of aryl methyl sites for hydroxylation is 1. The summed E-state index contributed by atoms with van der Waals surface area (Å²) in [6.45, 7) is 9.01. The molecule has 0 aliphatic heterocycles. The van der Waals surface area contributed by atoms with Crippen LogP contribution in [0.3, 0.4) is 0 Å². The Hall–Kier alpha value is -1.42. The summed E-state index contributed by atoms with van der Waals surface area (Å²) in [4.78, 5) is 0. The third-order valence-corrected chi connectivity index (χ3v) is 2.90. The summed E-state index contributed by atoms with van der Waals surface area (Å²) in [5.74, 6) is 7.54. The van der Waals surface area contributed by atoms with E-state index in [-0.39, 0.29) is 0 Å². The van der Waals surface area contributed by atoms with Crippen molar-refractivity contribution in [1.82, 2.24) is 0 Å². The molecule has 1 aromatic carbocycles. The second kappa shape index (κ2) is 7.01. The first-order valence-electron chi connectivity index (χ1n) is 6.38. The Morgan fingerprint density at radius 3 is 2.65 bits per heavy atom. The zero-order chi connectivity index (χ0) is 12.7. The predicted molar refractivity (Wildman–Crippen MR) is 73.5 cm³/mol. The van der Waals surface area contributed by atoms with Crippen molar-refractivity contribution in [1.29, 1.82) is 0 Å².